The average molecular weight is 389 g/mol. The van der Waals surface area contributed by atoms with Crippen molar-refractivity contribution in [2.45, 2.75) is 37.6 Å². The Hall–Kier alpha value is -1.89. The molecular formula is C20H28N4O2S. The van der Waals surface area contributed by atoms with E-state index in [2.05, 4.69) is 38.8 Å². The Bertz CT molecular complexity index is 788. The molecule has 27 heavy (non-hydrogen) atoms. The van der Waals surface area contributed by atoms with E-state index in [1.54, 1.807) is 14.2 Å². The molecule has 0 amide bonds. The molecule has 3 heterocycles. The summed E-state index contributed by atoms with van der Waals surface area (Å²) in [5.74, 6) is 6.67. The molecule has 2 fully saturated rings. The number of benzene rings is 1. The third kappa shape index (κ3) is 3.49. The van der Waals surface area contributed by atoms with Gasteiger partial charge in [0, 0.05) is 19.5 Å². The first kappa shape index (κ1) is 18.5. The van der Waals surface area contributed by atoms with Gasteiger partial charge in [0.15, 0.2) is 11.5 Å². The van der Waals surface area contributed by atoms with Crippen molar-refractivity contribution in [3.05, 3.63) is 29.6 Å². The van der Waals surface area contributed by atoms with Crippen LogP contribution in [0.4, 0.5) is 5.95 Å². The quantitative estimate of drug-likeness (QED) is 0.777. The van der Waals surface area contributed by atoms with E-state index in [4.69, 9.17) is 9.47 Å². The summed E-state index contributed by atoms with van der Waals surface area (Å²) in [5.41, 5.74) is 1.24. The summed E-state index contributed by atoms with van der Waals surface area (Å²) in [7, 11) is 5.48. The molecule has 0 saturated carbocycles. The van der Waals surface area contributed by atoms with E-state index < -0.39 is 0 Å². The topological polar surface area (TPSA) is 52.4 Å². The van der Waals surface area contributed by atoms with Gasteiger partial charge in [0.1, 0.15) is 5.82 Å². The Morgan fingerprint density at radius 3 is 2.56 bits per heavy atom. The van der Waals surface area contributed by atoms with Crippen LogP contribution in [0.15, 0.2) is 18.2 Å². The zero-order valence-electron chi connectivity index (χ0n) is 16.4. The molecule has 2 saturated heterocycles. The highest BCUT2D eigenvalue weighted by molar-refractivity contribution is 7.99. The fourth-order valence-corrected chi connectivity index (χ4v) is 5.41. The minimum absolute atomic E-state index is 0.294. The second-order valence-electron chi connectivity index (χ2n) is 7.27. The molecule has 0 aliphatic carbocycles. The van der Waals surface area contributed by atoms with E-state index in [1.807, 2.05) is 17.8 Å². The molecule has 0 bridgehead atoms. The molecule has 6 nitrogen and oxygen atoms in total. The number of anilines is 1. The number of hydrogen-bond donors (Lipinski definition) is 0. The summed E-state index contributed by atoms with van der Waals surface area (Å²) in [6.45, 7) is 1.01. The molecule has 2 aromatic rings. The van der Waals surface area contributed by atoms with Crippen LogP contribution in [0.1, 0.15) is 49.0 Å². The maximum Gasteiger partial charge on any atom is 0.227 e. The highest BCUT2D eigenvalue weighted by Gasteiger charge is 2.32. The Kier molecular flexibility index (Phi) is 5.48. The van der Waals surface area contributed by atoms with Crippen molar-refractivity contribution in [3.8, 4) is 11.5 Å². The van der Waals surface area contributed by atoms with E-state index >= 15 is 0 Å². The molecular weight excluding hydrogens is 360 g/mol. The minimum Gasteiger partial charge on any atom is -0.493 e. The standard InChI is InChI=1S/C20H28N4O2S/c1-23-19(14-8-11-27-12-9-14)21-22-20(23)24-10-4-5-16(24)15-6-7-17(25-2)18(13-15)26-3/h6-7,13-14,16H,4-5,8-12H2,1-3H3. The van der Waals surface area contributed by atoms with Crippen molar-refractivity contribution < 1.29 is 9.47 Å². The number of aromatic nitrogens is 3. The number of rotatable bonds is 5. The number of nitrogens with zero attached hydrogens (tertiary/aromatic N) is 4. The van der Waals surface area contributed by atoms with Gasteiger partial charge in [0.25, 0.3) is 0 Å². The largest absolute Gasteiger partial charge is 0.493 e. The molecule has 4 rings (SSSR count). The average Bonchev–Trinajstić information content (AvgIpc) is 3.34. The number of methoxy groups -OCH3 is 2. The summed E-state index contributed by atoms with van der Waals surface area (Å²) in [6, 6.07) is 6.52. The van der Waals surface area contributed by atoms with Crippen molar-refractivity contribution in [1.82, 2.24) is 14.8 Å². The third-order valence-corrected chi connectivity index (χ3v) is 6.82. The maximum atomic E-state index is 5.51. The summed E-state index contributed by atoms with van der Waals surface area (Å²) < 4.78 is 13.1. The lowest BCUT2D eigenvalue weighted by molar-refractivity contribution is 0.354. The van der Waals surface area contributed by atoms with Crippen LogP contribution >= 0.6 is 11.8 Å². The molecule has 1 aromatic carbocycles. The van der Waals surface area contributed by atoms with Crippen molar-refractivity contribution in [2.24, 2.45) is 7.05 Å². The molecule has 1 unspecified atom stereocenters. The fourth-order valence-electron chi connectivity index (χ4n) is 4.31. The van der Waals surface area contributed by atoms with Crippen LogP contribution in [-0.2, 0) is 7.05 Å². The highest BCUT2D eigenvalue weighted by Crippen LogP contribution is 2.40. The number of thioether (sulfide) groups is 1. The van der Waals surface area contributed by atoms with Gasteiger partial charge >= 0.3 is 0 Å². The third-order valence-electron chi connectivity index (χ3n) is 5.77. The number of ether oxygens (including phenoxy) is 2. The minimum atomic E-state index is 0.294. The first-order chi connectivity index (χ1) is 13.2. The molecule has 0 spiro atoms. The lowest BCUT2D eigenvalue weighted by Gasteiger charge is -2.27. The second kappa shape index (κ2) is 8.00. The molecule has 7 heteroatoms. The van der Waals surface area contributed by atoms with E-state index in [9.17, 15) is 0 Å². The van der Waals surface area contributed by atoms with Gasteiger partial charge in [-0.1, -0.05) is 6.07 Å². The van der Waals surface area contributed by atoms with E-state index in [-0.39, 0.29) is 0 Å². The van der Waals surface area contributed by atoms with E-state index in [0.29, 0.717) is 12.0 Å². The number of hydrogen-bond acceptors (Lipinski definition) is 6. The Morgan fingerprint density at radius 2 is 1.81 bits per heavy atom. The van der Waals surface area contributed by atoms with Crippen molar-refractivity contribution in [3.63, 3.8) is 0 Å². The van der Waals surface area contributed by atoms with E-state index in [0.717, 1.165) is 42.7 Å². The first-order valence-corrected chi connectivity index (χ1v) is 10.8. The van der Waals surface area contributed by atoms with Crippen LogP contribution in [0, 0.1) is 0 Å². The fraction of sp³-hybridized carbons (Fsp3) is 0.600. The molecule has 2 aliphatic rings. The molecule has 2 aliphatic heterocycles. The van der Waals surface area contributed by atoms with Crippen LogP contribution in [-0.4, -0.2) is 47.0 Å². The van der Waals surface area contributed by atoms with Gasteiger partial charge in [-0.15, -0.1) is 10.2 Å². The van der Waals surface area contributed by atoms with Crippen LogP contribution in [0.25, 0.3) is 0 Å². The van der Waals surface area contributed by atoms with Crippen LogP contribution in [0.3, 0.4) is 0 Å². The SMILES string of the molecule is COc1ccc(C2CCCN2c2nnc(C3CCSCC3)n2C)cc1OC. The Balaban J connectivity index is 1.61. The summed E-state index contributed by atoms with van der Waals surface area (Å²) in [4.78, 5) is 2.40. The van der Waals surface area contributed by atoms with Gasteiger partial charge in [-0.3, -0.25) is 0 Å². The van der Waals surface area contributed by atoms with Crippen LogP contribution in [0.2, 0.25) is 0 Å². The lowest BCUT2D eigenvalue weighted by Crippen LogP contribution is -2.26. The van der Waals surface area contributed by atoms with Gasteiger partial charge < -0.3 is 18.9 Å². The zero-order valence-corrected chi connectivity index (χ0v) is 17.2. The zero-order chi connectivity index (χ0) is 18.8. The smallest absolute Gasteiger partial charge is 0.227 e. The van der Waals surface area contributed by atoms with Gasteiger partial charge in [-0.05, 0) is 54.9 Å². The van der Waals surface area contributed by atoms with Gasteiger partial charge in [0.05, 0.1) is 20.3 Å². The molecule has 146 valence electrons. The van der Waals surface area contributed by atoms with Gasteiger partial charge in [-0.2, -0.15) is 11.8 Å². The van der Waals surface area contributed by atoms with Crippen LogP contribution in [0.5, 0.6) is 11.5 Å². The predicted molar refractivity (Wildman–Crippen MR) is 109 cm³/mol. The molecule has 0 N–H and O–H groups in total. The molecule has 1 aromatic heterocycles. The molecule has 0 radical (unpaired) electrons. The summed E-state index contributed by atoms with van der Waals surface area (Å²) >= 11 is 2.05. The van der Waals surface area contributed by atoms with E-state index in [1.165, 1.54) is 29.9 Å². The molecule has 1 atom stereocenters. The van der Waals surface area contributed by atoms with Crippen molar-refractivity contribution in [1.29, 1.82) is 0 Å². The van der Waals surface area contributed by atoms with Gasteiger partial charge in [0.2, 0.25) is 5.95 Å². The summed E-state index contributed by atoms with van der Waals surface area (Å²) in [5, 5.41) is 9.19. The van der Waals surface area contributed by atoms with Crippen molar-refractivity contribution >= 4 is 17.7 Å². The predicted octanol–water partition coefficient (Wildman–Crippen LogP) is 3.78. The van der Waals surface area contributed by atoms with Gasteiger partial charge in [-0.25, -0.2) is 0 Å². The maximum absolute atomic E-state index is 5.51. The Labute approximate surface area is 165 Å². The highest BCUT2D eigenvalue weighted by atomic mass is 32.2. The van der Waals surface area contributed by atoms with Crippen molar-refractivity contribution in [2.75, 3.05) is 37.2 Å². The monoisotopic (exact) mass is 388 g/mol. The lowest BCUT2D eigenvalue weighted by atomic mass is 10.0. The summed E-state index contributed by atoms with van der Waals surface area (Å²) in [6.07, 6.45) is 4.67. The first-order valence-electron chi connectivity index (χ1n) is 9.68. The second-order valence-corrected chi connectivity index (χ2v) is 8.49. The van der Waals surface area contributed by atoms with Crippen LogP contribution < -0.4 is 14.4 Å². The normalized spacial score (nSPS) is 20.9. The Morgan fingerprint density at radius 1 is 1.04 bits per heavy atom.